The predicted octanol–water partition coefficient (Wildman–Crippen LogP) is 2.24. The Labute approximate surface area is 119 Å². The molecular formula is C15H23NO4. The quantitative estimate of drug-likeness (QED) is 0.639. The van der Waals surface area contributed by atoms with Crippen molar-refractivity contribution in [1.82, 2.24) is 5.32 Å². The van der Waals surface area contributed by atoms with Crippen molar-refractivity contribution in [3.63, 3.8) is 0 Å². The molecule has 1 saturated carbocycles. The first-order valence-electron chi connectivity index (χ1n) is 7.22. The van der Waals surface area contributed by atoms with Crippen molar-refractivity contribution >= 4 is 5.97 Å². The van der Waals surface area contributed by atoms with Crippen molar-refractivity contribution in [2.75, 3.05) is 13.7 Å². The second kappa shape index (κ2) is 6.90. The van der Waals surface area contributed by atoms with Gasteiger partial charge in [-0.2, -0.15) is 0 Å². The Balaban J connectivity index is 1.86. The lowest BCUT2D eigenvalue weighted by molar-refractivity contribution is 0.0250. The highest BCUT2D eigenvalue weighted by Crippen LogP contribution is 2.26. The second-order valence-electron chi connectivity index (χ2n) is 5.51. The van der Waals surface area contributed by atoms with Gasteiger partial charge in [-0.15, -0.1) is 0 Å². The molecule has 20 heavy (non-hydrogen) atoms. The predicted molar refractivity (Wildman–Crippen MR) is 74.4 cm³/mol. The van der Waals surface area contributed by atoms with Crippen molar-refractivity contribution in [3.8, 4) is 0 Å². The third-order valence-corrected chi connectivity index (χ3v) is 3.92. The van der Waals surface area contributed by atoms with Gasteiger partial charge in [-0.25, -0.2) is 4.79 Å². The van der Waals surface area contributed by atoms with Crippen LogP contribution in [-0.2, 0) is 11.3 Å². The molecule has 5 heteroatoms. The van der Waals surface area contributed by atoms with Crippen molar-refractivity contribution in [1.29, 1.82) is 0 Å². The SMILES string of the molecule is COC(=O)c1occc1CNCC1(O)CCCCCC1. The van der Waals surface area contributed by atoms with Crippen LogP contribution < -0.4 is 5.32 Å². The van der Waals surface area contributed by atoms with E-state index in [9.17, 15) is 9.90 Å². The monoisotopic (exact) mass is 281 g/mol. The molecule has 1 fully saturated rings. The second-order valence-corrected chi connectivity index (χ2v) is 5.51. The van der Waals surface area contributed by atoms with Crippen molar-refractivity contribution in [3.05, 3.63) is 23.7 Å². The van der Waals surface area contributed by atoms with Gasteiger partial charge < -0.3 is 19.6 Å². The van der Waals surface area contributed by atoms with Gasteiger partial charge in [-0.3, -0.25) is 0 Å². The number of hydrogen-bond donors (Lipinski definition) is 2. The molecule has 0 radical (unpaired) electrons. The number of furan rings is 1. The molecule has 5 nitrogen and oxygen atoms in total. The first-order chi connectivity index (χ1) is 9.64. The maximum atomic E-state index is 11.5. The van der Waals surface area contributed by atoms with E-state index >= 15 is 0 Å². The van der Waals surface area contributed by atoms with E-state index < -0.39 is 11.6 Å². The zero-order valence-corrected chi connectivity index (χ0v) is 12.0. The van der Waals surface area contributed by atoms with E-state index in [2.05, 4.69) is 10.1 Å². The van der Waals surface area contributed by atoms with Crippen LogP contribution in [0.3, 0.4) is 0 Å². The summed E-state index contributed by atoms with van der Waals surface area (Å²) in [4.78, 5) is 11.5. The smallest absolute Gasteiger partial charge is 0.374 e. The molecule has 2 N–H and O–H groups in total. The fourth-order valence-electron chi connectivity index (χ4n) is 2.74. The molecule has 1 aliphatic rings. The molecule has 1 aromatic rings. The number of nitrogens with one attached hydrogen (secondary N) is 1. The first kappa shape index (κ1) is 15.1. The number of aliphatic hydroxyl groups is 1. The highest BCUT2D eigenvalue weighted by molar-refractivity contribution is 5.87. The molecule has 0 atom stereocenters. The third kappa shape index (κ3) is 3.84. The fourth-order valence-corrected chi connectivity index (χ4v) is 2.74. The average molecular weight is 281 g/mol. The van der Waals surface area contributed by atoms with Crippen LogP contribution in [0.2, 0.25) is 0 Å². The number of esters is 1. The van der Waals surface area contributed by atoms with Crippen LogP contribution in [0.15, 0.2) is 16.7 Å². The minimum Gasteiger partial charge on any atom is -0.463 e. The summed E-state index contributed by atoms with van der Waals surface area (Å²) in [5.74, 6) is -0.243. The Morgan fingerprint density at radius 1 is 1.40 bits per heavy atom. The Morgan fingerprint density at radius 2 is 2.10 bits per heavy atom. The van der Waals surface area contributed by atoms with Gasteiger partial charge in [0.2, 0.25) is 5.76 Å². The molecular weight excluding hydrogens is 258 g/mol. The van der Waals surface area contributed by atoms with E-state index in [0.717, 1.165) is 31.2 Å². The lowest BCUT2D eigenvalue weighted by Crippen LogP contribution is -2.40. The number of hydrogen-bond acceptors (Lipinski definition) is 5. The zero-order chi connectivity index (χ0) is 14.4. The van der Waals surface area contributed by atoms with Crippen molar-refractivity contribution in [2.24, 2.45) is 0 Å². The lowest BCUT2D eigenvalue weighted by Gasteiger charge is -2.26. The number of carbonyl (C=O) groups excluding carboxylic acids is 1. The Hall–Kier alpha value is -1.33. The van der Waals surface area contributed by atoms with Crippen molar-refractivity contribution in [2.45, 2.75) is 50.7 Å². The first-order valence-corrected chi connectivity index (χ1v) is 7.22. The number of ether oxygens (including phenoxy) is 1. The summed E-state index contributed by atoms with van der Waals surface area (Å²) in [6, 6.07) is 1.75. The normalized spacial score (nSPS) is 18.5. The summed E-state index contributed by atoms with van der Waals surface area (Å²) in [6.45, 7) is 1.03. The summed E-state index contributed by atoms with van der Waals surface area (Å²) in [7, 11) is 1.33. The number of methoxy groups -OCH3 is 1. The van der Waals surface area contributed by atoms with Gasteiger partial charge in [-0.05, 0) is 18.9 Å². The van der Waals surface area contributed by atoms with Gasteiger partial charge >= 0.3 is 5.97 Å². The van der Waals surface area contributed by atoms with Crippen molar-refractivity contribution < 1.29 is 19.1 Å². The third-order valence-electron chi connectivity index (χ3n) is 3.92. The molecule has 2 rings (SSSR count). The van der Waals surface area contributed by atoms with E-state index in [1.807, 2.05) is 0 Å². The molecule has 1 heterocycles. The Kier molecular flexibility index (Phi) is 5.20. The van der Waals surface area contributed by atoms with Gasteiger partial charge in [-0.1, -0.05) is 25.7 Å². The maximum absolute atomic E-state index is 11.5. The summed E-state index contributed by atoms with van der Waals surface area (Å²) >= 11 is 0. The standard InChI is InChI=1S/C15H23NO4/c1-19-14(17)13-12(6-9-20-13)10-16-11-15(18)7-4-2-3-5-8-15/h6,9,16,18H,2-5,7-8,10-11H2,1H3. The average Bonchev–Trinajstić information content (AvgIpc) is 2.80. The van der Waals surface area contributed by atoms with Crippen LogP contribution in [-0.4, -0.2) is 30.3 Å². The minimum absolute atomic E-state index is 0.229. The molecule has 0 aromatic carbocycles. The van der Waals surface area contributed by atoms with E-state index in [0.29, 0.717) is 13.1 Å². The van der Waals surface area contributed by atoms with E-state index in [1.54, 1.807) is 6.07 Å². The highest BCUT2D eigenvalue weighted by Gasteiger charge is 2.27. The van der Waals surface area contributed by atoms with Crippen LogP contribution in [0.5, 0.6) is 0 Å². The Morgan fingerprint density at radius 3 is 2.75 bits per heavy atom. The molecule has 0 amide bonds. The molecule has 0 aliphatic heterocycles. The van der Waals surface area contributed by atoms with Gasteiger partial charge in [0.1, 0.15) is 0 Å². The van der Waals surface area contributed by atoms with Crippen LogP contribution >= 0.6 is 0 Å². The molecule has 112 valence electrons. The topological polar surface area (TPSA) is 71.7 Å². The Bertz CT molecular complexity index is 433. The summed E-state index contributed by atoms with van der Waals surface area (Å²) in [5.41, 5.74) is 0.139. The van der Waals surface area contributed by atoms with Crippen LogP contribution in [0.25, 0.3) is 0 Å². The van der Waals surface area contributed by atoms with Gasteiger partial charge in [0.15, 0.2) is 0 Å². The van der Waals surface area contributed by atoms with Crippen LogP contribution in [0.1, 0.15) is 54.6 Å². The fraction of sp³-hybridized carbons (Fsp3) is 0.667. The highest BCUT2D eigenvalue weighted by atomic mass is 16.5. The van der Waals surface area contributed by atoms with Crippen LogP contribution in [0, 0.1) is 0 Å². The molecule has 0 bridgehead atoms. The molecule has 0 saturated heterocycles. The maximum Gasteiger partial charge on any atom is 0.374 e. The summed E-state index contributed by atoms with van der Waals surface area (Å²) < 4.78 is 9.79. The van der Waals surface area contributed by atoms with E-state index in [4.69, 9.17) is 4.42 Å². The lowest BCUT2D eigenvalue weighted by atomic mass is 9.94. The molecule has 1 aromatic heterocycles. The molecule has 0 unspecified atom stereocenters. The van der Waals surface area contributed by atoms with E-state index in [1.165, 1.54) is 26.2 Å². The van der Waals surface area contributed by atoms with Gasteiger partial charge in [0, 0.05) is 18.7 Å². The number of rotatable bonds is 5. The number of carbonyl (C=O) groups is 1. The largest absolute Gasteiger partial charge is 0.463 e. The zero-order valence-electron chi connectivity index (χ0n) is 12.0. The summed E-state index contributed by atoms with van der Waals surface area (Å²) in [5, 5.41) is 13.8. The van der Waals surface area contributed by atoms with Gasteiger partial charge in [0.25, 0.3) is 0 Å². The van der Waals surface area contributed by atoms with Gasteiger partial charge in [0.05, 0.1) is 19.0 Å². The van der Waals surface area contributed by atoms with E-state index in [-0.39, 0.29) is 5.76 Å². The summed E-state index contributed by atoms with van der Waals surface area (Å²) in [6.07, 6.45) is 7.73. The molecule has 1 aliphatic carbocycles. The minimum atomic E-state index is -0.619. The molecule has 0 spiro atoms. The van der Waals surface area contributed by atoms with Crippen LogP contribution in [0.4, 0.5) is 0 Å².